The zero-order chi connectivity index (χ0) is 10.1. The highest BCUT2D eigenvalue weighted by Gasteiger charge is 2.07. The molecule has 0 saturated carbocycles. The zero-order valence-electron chi connectivity index (χ0n) is 8.20. The van der Waals surface area contributed by atoms with Gasteiger partial charge in [-0.25, -0.2) is 0 Å². The summed E-state index contributed by atoms with van der Waals surface area (Å²) in [6.07, 6.45) is 0. The Hall–Kier alpha value is -0.670. The fraction of sp³-hybridized carbons (Fsp3) is 0.273. The predicted molar refractivity (Wildman–Crippen MR) is 65.0 cm³/mol. The molecular weight excluding hydrogens is 212 g/mol. The maximum absolute atomic E-state index is 5.56. The number of fused-ring (bicyclic) bond motifs is 1. The lowest BCUT2D eigenvalue weighted by Gasteiger charge is -2.04. The molecule has 1 aromatic carbocycles. The molecule has 0 aliphatic carbocycles. The molecule has 0 radical (unpaired) electrons. The van der Waals surface area contributed by atoms with E-state index in [0.29, 0.717) is 6.61 Å². The first-order chi connectivity index (χ1) is 6.72. The van der Waals surface area contributed by atoms with Crippen molar-refractivity contribution in [1.29, 1.82) is 0 Å². The Morgan fingerprint density at radius 2 is 2.21 bits per heavy atom. The highest BCUT2D eigenvalue weighted by atomic mass is 32.1. The van der Waals surface area contributed by atoms with Crippen molar-refractivity contribution in [3.8, 4) is 5.75 Å². The molecule has 0 N–H and O–H groups in total. The topological polar surface area (TPSA) is 9.23 Å². The number of thiophene rings is 1. The molecule has 0 aliphatic rings. The summed E-state index contributed by atoms with van der Waals surface area (Å²) in [6.45, 7) is 4.81. The molecule has 1 nitrogen and oxygen atoms in total. The number of benzene rings is 1. The first-order valence-electron chi connectivity index (χ1n) is 4.57. The van der Waals surface area contributed by atoms with Crippen LogP contribution in [-0.2, 0) is 0 Å². The lowest BCUT2D eigenvalue weighted by atomic mass is 10.2. The normalized spacial score (nSPS) is 10.8. The van der Waals surface area contributed by atoms with Crippen molar-refractivity contribution in [2.75, 3.05) is 6.61 Å². The Bertz CT molecular complexity index is 460. The Morgan fingerprint density at radius 1 is 1.43 bits per heavy atom. The van der Waals surface area contributed by atoms with Crippen LogP contribution in [0.5, 0.6) is 5.75 Å². The molecule has 0 aliphatic heterocycles. The van der Waals surface area contributed by atoms with Gasteiger partial charge in [0, 0.05) is 15.2 Å². The van der Waals surface area contributed by atoms with Gasteiger partial charge in [-0.1, -0.05) is 0 Å². The summed E-state index contributed by atoms with van der Waals surface area (Å²) < 4.78 is 6.78. The van der Waals surface area contributed by atoms with Crippen LogP contribution >= 0.6 is 24.0 Å². The molecular formula is C11H12OS2. The second-order valence-corrected chi connectivity index (χ2v) is 4.85. The maximum Gasteiger partial charge on any atom is 0.128 e. The Balaban J connectivity index is 2.68. The molecule has 1 aromatic heterocycles. The van der Waals surface area contributed by atoms with Crippen molar-refractivity contribution >= 4 is 34.1 Å². The van der Waals surface area contributed by atoms with E-state index in [2.05, 4.69) is 25.6 Å². The fourth-order valence-corrected chi connectivity index (χ4v) is 2.76. The predicted octanol–water partition coefficient (Wildman–Crippen LogP) is 3.90. The van der Waals surface area contributed by atoms with Crippen LogP contribution < -0.4 is 4.74 Å². The quantitative estimate of drug-likeness (QED) is 0.761. The molecule has 0 bridgehead atoms. The van der Waals surface area contributed by atoms with Gasteiger partial charge in [-0.2, -0.15) is 0 Å². The average molecular weight is 224 g/mol. The van der Waals surface area contributed by atoms with Gasteiger partial charge < -0.3 is 4.74 Å². The van der Waals surface area contributed by atoms with E-state index in [1.165, 1.54) is 15.0 Å². The fourth-order valence-electron chi connectivity index (χ4n) is 1.49. The van der Waals surface area contributed by atoms with Gasteiger partial charge in [-0.05, 0) is 32.0 Å². The van der Waals surface area contributed by atoms with E-state index in [4.69, 9.17) is 4.74 Å². The minimum absolute atomic E-state index is 0.704. The maximum atomic E-state index is 5.56. The lowest BCUT2D eigenvalue weighted by molar-refractivity contribution is 0.344. The molecule has 0 fully saturated rings. The number of aryl methyl sites for hydroxylation is 1. The van der Waals surface area contributed by atoms with Crippen molar-refractivity contribution in [2.24, 2.45) is 0 Å². The van der Waals surface area contributed by atoms with Crippen LogP contribution in [0.2, 0.25) is 0 Å². The van der Waals surface area contributed by atoms with Crippen LogP contribution in [0.1, 0.15) is 11.8 Å². The van der Waals surface area contributed by atoms with Crippen molar-refractivity contribution in [2.45, 2.75) is 18.7 Å². The van der Waals surface area contributed by atoms with E-state index in [1.807, 2.05) is 19.1 Å². The van der Waals surface area contributed by atoms with Crippen LogP contribution in [0.25, 0.3) is 10.1 Å². The first kappa shape index (κ1) is 9.87. The molecule has 2 aromatic rings. The number of ether oxygens (including phenoxy) is 1. The van der Waals surface area contributed by atoms with E-state index in [9.17, 15) is 0 Å². The third-order valence-corrected chi connectivity index (χ3v) is 3.65. The van der Waals surface area contributed by atoms with Gasteiger partial charge >= 0.3 is 0 Å². The summed E-state index contributed by atoms with van der Waals surface area (Å²) in [7, 11) is 0. The molecule has 14 heavy (non-hydrogen) atoms. The van der Waals surface area contributed by atoms with Crippen molar-refractivity contribution in [3.63, 3.8) is 0 Å². The van der Waals surface area contributed by atoms with E-state index in [-0.39, 0.29) is 0 Å². The van der Waals surface area contributed by atoms with Crippen LogP contribution in [0.4, 0.5) is 0 Å². The molecule has 0 amide bonds. The van der Waals surface area contributed by atoms with Crippen LogP contribution in [0.3, 0.4) is 0 Å². The molecule has 74 valence electrons. The zero-order valence-corrected chi connectivity index (χ0v) is 9.91. The van der Waals surface area contributed by atoms with E-state index in [0.717, 1.165) is 10.6 Å². The van der Waals surface area contributed by atoms with Gasteiger partial charge in [0.25, 0.3) is 0 Å². The van der Waals surface area contributed by atoms with Gasteiger partial charge in [0.15, 0.2) is 0 Å². The van der Waals surface area contributed by atoms with Crippen LogP contribution in [0, 0.1) is 6.92 Å². The van der Waals surface area contributed by atoms with Gasteiger partial charge in [0.05, 0.1) is 11.3 Å². The van der Waals surface area contributed by atoms with Crippen molar-refractivity contribution < 1.29 is 4.74 Å². The van der Waals surface area contributed by atoms with Crippen LogP contribution in [0.15, 0.2) is 23.1 Å². The minimum Gasteiger partial charge on any atom is -0.493 e. The largest absolute Gasteiger partial charge is 0.493 e. The molecule has 2 rings (SSSR count). The number of thiol groups is 1. The molecule has 0 spiro atoms. The molecule has 0 atom stereocenters. The van der Waals surface area contributed by atoms with Crippen LogP contribution in [-0.4, -0.2) is 6.61 Å². The summed E-state index contributed by atoms with van der Waals surface area (Å²) in [5, 5.41) is 1.18. The summed E-state index contributed by atoms with van der Waals surface area (Å²) >= 11 is 6.20. The van der Waals surface area contributed by atoms with E-state index < -0.39 is 0 Å². The highest BCUT2D eigenvalue weighted by molar-refractivity contribution is 7.80. The first-order valence-corrected chi connectivity index (χ1v) is 5.83. The van der Waals surface area contributed by atoms with Gasteiger partial charge in [-0.3, -0.25) is 0 Å². The number of hydrogen-bond acceptors (Lipinski definition) is 3. The molecule has 1 heterocycles. The lowest BCUT2D eigenvalue weighted by Crippen LogP contribution is -1.91. The number of hydrogen-bond donors (Lipinski definition) is 1. The second-order valence-electron chi connectivity index (χ2n) is 3.12. The van der Waals surface area contributed by atoms with Gasteiger partial charge in [-0.15, -0.1) is 24.0 Å². The summed E-state index contributed by atoms with van der Waals surface area (Å²) in [5.74, 6) is 0.963. The third-order valence-electron chi connectivity index (χ3n) is 2.05. The Morgan fingerprint density at radius 3 is 2.93 bits per heavy atom. The average Bonchev–Trinajstić information content (AvgIpc) is 2.53. The number of rotatable bonds is 2. The minimum atomic E-state index is 0.704. The molecule has 0 unspecified atom stereocenters. The van der Waals surface area contributed by atoms with E-state index >= 15 is 0 Å². The highest BCUT2D eigenvalue weighted by Crippen LogP contribution is 2.36. The monoisotopic (exact) mass is 224 g/mol. The molecule has 0 saturated heterocycles. The van der Waals surface area contributed by atoms with Gasteiger partial charge in [0.2, 0.25) is 0 Å². The standard InChI is InChI=1S/C11H12OS2/c1-3-12-9-4-5-10(13)11-8(9)6-7(2)14-11/h4-6,13H,3H2,1-2H3. The third kappa shape index (κ3) is 1.62. The Kier molecular flexibility index (Phi) is 2.70. The second kappa shape index (κ2) is 3.83. The summed E-state index contributed by atoms with van der Waals surface area (Å²) in [5.41, 5.74) is 0. The SMILES string of the molecule is CCOc1ccc(S)c2sc(C)cc12. The van der Waals surface area contributed by atoms with Gasteiger partial charge in [0.1, 0.15) is 5.75 Å². The molecule has 3 heteroatoms. The van der Waals surface area contributed by atoms with Crippen molar-refractivity contribution in [1.82, 2.24) is 0 Å². The van der Waals surface area contributed by atoms with Crippen molar-refractivity contribution in [3.05, 3.63) is 23.1 Å². The summed E-state index contributed by atoms with van der Waals surface area (Å²) in [6, 6.07) is 6.14. The van der Waals surface area contributed by atoms with E-state index in [1.54, 1.807) is 11.3 Å². The smallest absolute Gasteiger partial charge is 0.128 e. The summed E-state index contributed by atoms with van der Waals surface area (Å²) in [4.78, 5) is 2.32. The Labute approximate surface area is 93.1 Å².